The van der Waals surface area contributed by atoms with Crippen molar-refractivity contribution in [2.24, 2.45) is 5.84 Å². The van der Waals surface area contributed by atoms with Crippen molar-refractivity contribution < 1.29 is 9.53 Å². The van der Waals surface area contributed by atoms with Crippen LogP contribution in [-0.4, -0.2) is 48.0 Å². The number of hydrogen-bond acceptors (Lipinski definition) is 7. The second-order valence-electron chi connectivity index (χ2n) is 3.89. The highest BCUT2D eigenvalue weighted by atomic mass is 16.5. The number of rotatable bonds is 7. The van der Waals surface area contributed by atoms with Gasteiger partial charge in [-0.2, -0.15) is 0 Å². The van der Waals surface area contributed by atoms with Crippen LogP contribution in [0.2, 0.25) is 0 Å². The number of methoxy groups -OCH3 is 1. The zero-order chi connectivity index (χ0) is 14.3. The Morgan fingerprint density at radius 2 is 2.16 bits per heavy atom. The van der Waals surface area contributed by atoms with Gasteiger partial charge in [-0.05, 0) is 6.92 Å². The quantitative estimate of drug-likeness (QED) is 0.464. The number of nitrogens with one attached hydrogen (secondary N) is 2. The van der Waals surface area contributed by atoms with Gasteiger partial charge in [0.2, 0.25) is 5.91 Å². The molecule has 0 aliphatic heterocycles. The van der Waals surface area contributed by atoms with Crippen molar-refractivity contribution >= 4 is 17.5 Å². The lowest BCUT2D eigenvalue weighted by atomic mass is 10.4. The lowest BCUT2D eigenvalue weighted by Crippen LogP contribution is -2.32. The molecular weight excluding hydrogens is 248 g/mol. The van der Waals surface area contributed by atoms with Gasteiger partial charge in [-0.15, -0.1) is 0 Å². The van der Waals surface area contributed by atoms with Gasteiger partial charge in [-0.3, -0.25) is 4.79 Å². The summed E-state index contributed by atoms with van der Waals surface area (Å²) in [5.74, 6) is 6.77. The Morgan fingerprint density at radius 1 is 1.47 bits per heavy atom. The van der Waals surface area contributed by atoms with E-state index in [1.165, 1.54) is 0 Å². The van der Waals surface area contributed by atoms with Gasteiger partial charge in [0.15, 0.2) is 5.82 Å². The molecule has 8 nitrogen and oxygen atoms in total. The minimum atomic E-state index is -0.0170. The molecule has 0 bridgehead atoms. The number of hydrazine groups is 1. The lowest BCUT2D eigenvalue weighted by Gasteiger charge is -2.15. The van der Waals surface area contributed by atoms with Gasteiger partial charge in [0.25, 0.3) is 0 Å². The number of anilines is 2. The number of ether oxygens (including phenoxy) is 1. The smallest absolute Gasteiger partial charge is 0.241 e. The van der Waals surface area contributed by atoms with Crippen LogP contribution in [0.1, 0.15) is 12.7 Å². The normalized spacial score (nSPS) is 10.1. The molecule has 4 N–H and O–H groups in total. The average molecular weight is 268 g/mol. The van der Waals surface area contributed by atoms with Gasteiger partial charge in [-0.25, -0.2) is 15.8 Å². The maximum Gasteiger partial charge on any atom is 0.241 e. The Bertz CT molecular complexity index is 426. The summed E-state index contributed by atoms with van der Waals surface area (Å²) in [6.07, 6.45) is 0. The molecule has 1 amide bonds. The number of likely N-dealkylation sites (N-methyl/N-ethyl adjacent to an activating group) is 1. The summed E-state index contributed by atoms with van der Waals surface area (Å²) in [4.78, 5) is 21.6. The zero-order valence-electron chi connectivity index (χ0n) is 11.4. The Labute approximate surface area is 112 Å². The molecular formula is C11H20N6O2. The number of hydrogen-bond donors (Lipinski definition) is 3. The van der Waals surface area contributed by atoms with Crippen LogP contribution < -0.4 is 16.6 Å². The van der Waals surface area contributed by atoms with Crippen molar-refractivity contribution in [2.75, 3.05) is 38.0 Å². The first-order chi connectivity index (χ1) is 9.10. The first kappa shape index (κ1) is 15.1. The van der Waals surface area contributed by atoms with E-state index in [1.807, 2.05) is 6.92 Å². The standard InChI is InChI=1S/C11H20N6O2/c1-4-17(2)11(18)6-13-8-5-9(16-12)15-10(14-8)7-19-3/h5H,4,6-7,12H2,1-3H3,(H2,13,14,15,16). The molecule has 0 radical (unpaired) electrons. The number of aromatic nitrogens is 2. The number of nitrogens with zero attached hydrogens (tertiary/aromatic N) is 3. The topological polar surface area (TPSA) is 105 Å². The van der Waals surface area contributed by atoms with E-state index in [2.05, 4.69) is 20.7 Å². The second-order valence-corrected chi connectivity index (χ2v) is 3.89. The minimum absolute atomic E-state index is 0.0170. The van der Waals surface area contributed by atoms with E-state index in [4.69, 9.17) is 10.6 Å². The largest absolute Gasteiger partial charge is 0.377 e. The van der Waals surface area contributed by atoms with E-state index >= 15 is 0 Å². The predicted molar refractivity (Wildman–Crippen MR) is 72.4 cm³/mol. The predicted octanol–water partition coefficient (Wildman–Crippen LogP) is -0.201. The number of carbonyl (C=O) groups excluding carboxylic acids is 1. The van der Waals surface area contributed by atoms with Gasteiger partial charge < -0.3 is 20.4 Å². The van der Waals surface area contributed by atoms with E-state index in [1.54, 1.807) is 25.1 Å². The average Bonchev–Trinajstić information content (AvgIpc) is 2.43. The summed E-state index contributed by atoms with van der Waals surface area (Å²) in [5, 5.41) is 2.94. The van der Waals surface area contributed by atoms with Crippen LogP contribution in [0.25, 0.3) is 0 Å². The molecule has 106 valence electrons. The first-order valence-corrected chi connectivity index (χ1v) is 5.92. The van der Waals surface area contributed by atoms with Crippen molar-refractivity contribution in [3.8, 4) is 0 Å². The summed E-state index contributed by atoms with van der Waals surface area (Å²) < 4.78 is 4.97. The van der Waals surface area contributed by atoms with E-state index in [0.29, 0.717) is 24.0 Å². The molecule has 1 aromatic rings. The summed E-state index contributed by atoms with van der Waals surface area (Å²) in [6.45, 7) is 3.01. The van der Waals surface area contributed by atoms with Crippen molar-refractivity contribution in [3.05, 3.63) is 11.9 Å². The molecule has 0 spiro atoms. The molecule has 0 fully saturated rings. The van der Waals surface area contributed by atoms with E-state index in [-0.39, 0.29) is 19.1 Å². The highest BCUT2D eigenvalue weighted by Gasteiger charge is 2.08. The third-order valence-corrected chi connectivity index (χ3v) is 2.51. The van der Waals surface area contributed by atoms with Crippen LogP contribution in [0.5, 0.6) is 0 Å². The molecule has 8 heteroatoms. The Morgan fingerprint density at radius 3 is 2.74 bits per heavy atom. The maximum absolute atomic E-state index is 11.7. The molecule has 19 heavy (non-hydrogen) atoms. The summed E-state index contributed by atoms with van der Waals surface area (Å²) in [6, 6.07) is 1.62. The Kier molecular flexibility index (Phi) is 5.97. The molecule has 0 saturated heterocycles. The zero-order valence-corrected chi connectivity index (χ0v) is 11.4. The van der Waals surface area contributed by atoms with Crippen LogP contribution in [0, 0.1) is 0 Å². The summed E-state index contributed by atoms with van der Waals surface area (Å²) in [7, 11) is 3.30. The molecule has 0 unspecified atom stereocenters. The summed E-state index contributed by atoms with van der Waals surface area (Å²) in [5.41, 5.74) is 2.45. The van der Waals surface area contributed by atoms with Crippen LogP contribution in [0.15, 0.2) is 6.07 Å². The molecule has 0 aliphatic carbocycles. The van der Waals surface area contributed by atoms with Crippen LogP contribution in [0.3, 0.4) is 0 Å². The number of carbonyl (C=O) groups is 1. The number of nitrogen functional groups attached to an aromatic ring is 1. The van der Waals surface area contributed by atoms with E-state index < -0.39 is 0 Å². The van der Waals surface area contributed by atoms with Gasteiger partial charge >= 0.3 is 0 Å². The maximum atomic E-state index is 11.7. The van der Waals surface area contributed by atoms with Crippen LogP contribution in [-0.2, 0) is 16.1 Å². The third-order valence-electron chi connectivity index (χ3n) is 2.51. The van der Waals surface area contributed by atoms with Crippen LogP contribution in [0.4, 0.5) is 11.6 Å². The lowest BCUT2D eigenvalue weighted by molar-refractivity contribution is -0.127. The van der Waals surface area contributed by atoms with Gasteiger partial charge in [0, 0.05) is 26.8 Å². The van der Waals surface area contributed by atoms with Crippen molar-refractivity contribution in [2.45, 2.75) is 13.5 Å². The number of nitrogens with two attached hydrogens (primary N) is 1. The van der Waals surface area contributed by atoms with Gasteiger partial charge in [0.05, 0.1) is 6.54 Å². The van der Waals surface area contributed by atoms with E-state index in [0.717, 1.165) is 0 Å². The molecule has 1 rings (SSSR count). The molecule has 0 aromatic carbocycles. The molecule has 1 heterocycles. The fourth-order valence-electron chi connectivity index (χ4n) is 1.33. The van der Waals surface area contributed by atoms with Crippen molar-refractivity contribution in [3.63, 3.8) is 0 Å². The fraction of sp³-hybridized carbons (Fsp3) is 0.545. The molecule has 1 aromatic heterocycles. The molecule has 0 saturated carbocycles. The number of amides is 1. The third kappa shape index (κ3) is 4.68. The van der Waals surface area contributed by atoms with E-state index in [9.17, 15) is 4.79 Å². The highest BCUT2D eigenvalue weighted by molar-refractivity contribution is 5.80. The summed E-state index contributed by atoms with van der Waals surface area (Å²) >= 11 is 0. The Balaban J connectivity index is 2.71. The SMILES string of the molecule is CCN(C)C(=O)CNc1cc(NN)nc(COC)n1. The monoisotopic (exact) mass is 268 g/mol. The van der Waals surface area contributed by atoms with Crippen LogP contribution >= 0.6 is 0 Å². The first-order valence-electron chi connectivity index (χ1n) is 5.92. The Hall–Kier alpha value is -1.93. The highest BCUT2D eigenvalue weighted by Crippen LogP contribution is 2.10. The molecule has 0 atom stereocenters. The van der Waals surface area contributed by atoms with Crippen molar-refractivity contribution in [1.29, 1.82) is 0 Å². The fourth-order valence-corrected chi connectivity index (χ4v) is 1.33. The van der Waals surface area contributed by atoms with Gasteiger partial charge in [-0.1, -0.05) is 0 Å². The minimum Gasteiger partial charge on any atom is -0.377 e. The van der Waals surface area contributed by atoms with Crippen molar-refractivity contribution in [1.82, 2.24) is 14.9 Å². The molecule has 0 aliphatic rings. The van der Waals surface area contributed by atoms with Gasteiger partial charge in [0.1, 0.15) is 18.2 Å². The second kappa shape index (κ2) is 7.49.